The van der Waals surface area contributed by atoms with Gasteiger partial charge in [0.2, 0.25) is 5.91 Å². The van der Waals surface area contributed by atoms with Crippen molar-refractivity contribution in [3.8, 4) is 0 Å². The predicted molar refractivity (Wildman–Crippen MR) is 118 cm³/mol. The van der Waals surface area contributed by atoms with Crippen LogP contribution in [-0.2, 0) is 15.2 Å². The summed E-state index contributed by atoms with van der Waals surface area (Å²) in [6.07, 6.45) is 0. The van der Waals surface area contributed by atoms with Gasteiger partial charge < -0.3 is 10.4 Å². The summed E-state index contributed by atoms with van der Waals surface area (Å²) in [4.78, 5) is 27.5. The second kappa shape index (κ2) is 7.59. The van der Waals surface area contributed by atoms with Gasteiger partial charge in [0.05, 0.1) is 5.69 Å². The Labute approximate surface area is 179 Å². The smallest absolute Gasteiger partial charge is 0.268 e. The third-order valence-corrected chi connectivity index (χ3v) is 5.66. The van der Waals surface area contributed by atoms with Crippen LogP contribution in [0.2, 0.25) is 5.02 Å². The van der Waals surface area contributed by atoms with E-state index in [4.69, 9.17) is 11.6 Å². The summed E-state index contributed by atoms with van der Waals surface area (Å²) >= 11 is 6.10. The number of aliphatic hydroxyl groups is 1. The summed E-state index contributed by atoms with van der Waals surface area (Å²) in [6.45, 7) is 3.61. The highest BCUT2D eigenvalue weighted by molar-refractivity contribution is 6.30. The summed E-state index contributed by atoms with van der Waals surface area (Å²) in [5.74, 6) is -0.923. The van der Waals surface area contributed by atoms with Crippen LogP contribution in [0.3, 0.4) is 0 Å². The van der Waals surface area contributed by atoms with Gasteiger partial charge in [0.25, 0.3) is 5.91 Å². The Morgan fingerprint density at radius 2 is 1.70 bits per heavy atom. The van der Waals surface area contributed by atoms with Gasteiger partial charge in [-0.2, -0.15) is 0 Å². The van der Waals surface area contributed by atoms with Gasteiger partial charge in [-0.15, -0.1) is 0 Å². The molecule has 5 nitrogen and oxygen atoms in total. The summed E-state index contributed by atoms with van der Waals surface area (Å²) in [7, 11) is 0. The lowest BCUT2D eigenvalue weighted by Gasteiger charge is -2.24. The number of nitrogens with one attached hydrogen (secondary N) is 1. The molecular formula is C24H21ClN2O3. The monoisotopic (exact) mass is 420 g/mol. The molecule has 0 fully saturated rings. The molecule has 0 radical (unpaired) electrons. The van der Waals surface area contributed by atoms with Crippen molar-refractivity contribution >= 4 is 34.8 Å². The number of benzene rings is 3. The number of amides is 2. The molecule has 1 aliphatic rings. The zero-order valence-electron chi connectivity index (χ0n) is 16.6. The van der Waals surface area contributed by atoms with Crippen molar-refractivity contribution < 1.29 is 14.7 Å². The maximum absolute atomic E-state index is 13.4. The minimum Gasteiger partial charge on any atom is -0.372 e. The van der Waals surface area contributed by atoms with Crippen LogP contribution in [0.15, 0.2) is 66.7 Å². The van der Waals surface area contributed by atoms with Gasteiger partial charge in [-0.1, -0.05) is 60.1 Å². The first-order valence-corrected chi connectivity index (χ1v) is 9.96. The van der Waals surface area contributed by atoms with E-state index in [9.17, 15) is 14.7 Å². The maximum Gasteiger partial charge on any atom is 0.268 e. The fourth-order valence-corrected chi connectivity index (χ4v) is 4.11. The van der Waals surface area contributed by atoms with E-state index in [1.54, 1.807) is 48.5 Å². The minimum atomic E-state index is -1.90. The molecule has 2 N–H and O–H groups in total. The zero-order valence-corrected chi connectivity index (χ0v) is 17.4. The number of halogens is 1. The molecule has 2 amide bonds. The number of fused-ring (bicyclic) bond motifs is 1. The molecule has 3 aromatic rings. The molecule has 3 aromatic carbocycles. The summed E-state index contributed by atoms with van der Waals surface area (Å²) in [6, 6.07) is 19.3. The Balaban J connectivity index is 1.68. The Kier molecular flexibility index (Phi) is 5.10. The highest BCUT2D eigenvalue weighted by atomic mass is 35.5. The molecule has 0 spiro atoms. The van der Waals surface area contributed by atoms with Crippen LogP contribution in [0.25, 0.3) is 0 Å². The van der Waals surface area contributed by atoms with E-state index in [0.717, 1.165) is 16.8 Å². The Morgan fingerprint density at radius 1 is 1.03 bits per heavy atom. The van der Waals surface area contributed by atoms with Crippen LogP contribution >= 0.6 is 11.6 Å². The summed E-state index contributed by atoms with van der Waals surface area (Å²) in [5.41, 5.74) is 2.00. The number of nitrogens with zero attached hydrogens (tertiary/aromatic N) is 1. The average molecular weight is 421 g/mol. The third-order valence-electron chi connectivity index (χ3n) is 5.43. The Bertz CT molecular complexity index is 1140. The van der Waals surface area contributed by atoms with Gasteiger partial charge in [0.15, 0.2) is 5.60 Å². The highest BCUT2D eigenvalue weighted by Gasteiger charge is 2.51. The summed E-state index contributed by atoms with van der Waals surface area (Å²) < 4.78 is 0. The predicted octanol–water partition coefficient (Wildman–Crippen LogP) is 4.18. The van der Waals surface area contributed by atoms with E-state index in [1.807, 2.05) is 32.0 Å². The largest absolute Gasteiger partial charge is 0.372 e. The first-order chi connectivity index (χ1) is 14.3. The maximum atomic E-state index is 13.4. The number of carbonyl (C=O) groups is 2. The van der Waals surface area contributed by atoms with E-state index < -0.39 is 11.5 Å². The van der Waals surface area contributed by atoms with Gasteiger partial charge in [0, 0.05) is 16.3 Å². The quantitative estimate of drug-likeness (QED) is 0.665. The van der Waals surface area contributed by atoms with E-state index >= 15 is 0 Å². The Morgan fingerprint density at radius 3 is 2.40 bits per heavy atom. The molecule has 30 heavy (non-hydrogen) atoms. The molecule has 0 aliphatic carbocycles. The van der Waals surface area contributed by atoms with Crippen molar-refractivity contribution in [2.75, 3.05) is 16.8 Å². The molecular weight excluding hydrogens is 400 g/mol. The zero-order chi connectivity index (χ0) is 21.5. The van der Waals surface area contributed by atoms with E-state index in [2.05, 4.69) is 5.32 Å². The van der Waals surface area contributed by atoms with Gasteiger partial charge in [-0.25, -0.2) is 0 Å². The van der Waals surface area contributed by atoms with Gasteiger partial charge in [0.1, 0.15) is 6.54 Å². The van der Waals surface area contributed by atoms with E-state index in [1.165, 1.54) is 4.90 Å². The number of para-hydroxylation sites is 2. The lowest BCUT2D eigenvalue weighted by molar-refractivity contribution is -0.133. The average Bonchev–Trinajstić information content (AvgIpc) is 2.94. The molecule has 1 heterocycles. The molecule has 0 aromatic heterocycles. The topological polar surface area (TPSA) is 69.6 Å². The highest BCUT2D eigenvalue weighted by Crippen LogP contribution is 2.44. The first kappa shape index (κ1) is 20.1. The molecule has 1 atom stereocenters. The SMILES string of the molecule is Cc1cccc(C)c1NC(=O)CN1C(=O)[C@](O)(c2cccc(Cl)c2)c2ccccc21. The van der Waals surface area contributed by atoms with Gasteiger partial charge in [-0.3, -0.25) is 14.5 Å². The van der Waals surface area contributed by atoms with Gasteiger partial charge in [-0.05, 0) is 48.7 Å². The fourth-order valence-electron chi connectivity index (χ4n) is 3.92. The number of rotatable bonds is 4. The second-order valence-corrected chi connectivity index (χ2v) is 7.88. The number of aryl methyl sites for hydroxylation is 2. The molecule has 0 saturated heterocycles. The van der Waals surface area contributed by atoms with E-state index in [-0.39, 0.29) is 12.5 Å². The van der Waals surface area contributed by atoms with Crippen LogP contribution in [0.1, 0.15) is 22.3 Å². The van der Waals surface area contributed by atoms with Crippen LogP contribution < -0.4 is 10.2 Å². The van der Waals surface area contributed by atoms with Crippen molar-refractivity contribution in [2.24, 2.45) is 0 Å². The molecule has 0 saturated carbocycles. The number of hydrogen-bond donors (Lipinski definition) is 2. The Hall–Kier alpha value is -3.15. The first-order valence-electron chi connectivity index (χ1n) is 9.58. The van der Waals surface area contributed by atoms with Crippen LogP contribution in [0.5, 0.6) is 0 Å². The second-order valence-electron chi connectivity index (χ2n) is 7.44. The van der Waals surface area contributed by atoms with Crippen molar-refractivity contribution in [1.29, 1.82) is 0 Å². The molecule has 0 bridgehead atoms. The molecule has 152 valence electrons. The molecule has 4 rings (SSSR count). The van der Waals surface area contributed by atoms with Crippen molar-refractivity contribution in [2.45, 2.75) is 19.4 Å². The van der Waals surface area contributed by atoms with Crippen LogP contribution in [-0.4, -0.2) is 23.5 Å². The number of hydrogen-bond acceptors (Lipinski definition) is 3. The molecule has 0 unspecified atom stereocenters. The van der Waals surface area contributed by atoms with Crippen molar-refractivity contribution in [1.82, 2.24) is 0 Å². The third kappa shape index (κ3) is 3.26. The number of anilines is 2. The standard InChI is InChI=1S/C24H21ClN2O3/c1-15-7-5-8-16(2)22(15)26-21(28)14-27-20-12-4-3-11-19(20)24(30,23(27)29)17-9-6-10-18(25)13-17/h3-13,30H,14H2,1-2H3,(H,26,28)/t24-/m0/s1. The van der Waals surface area contributed by atoms with E-state index in [0.29, 0.717) is 21.8 Å². The normalized spacial score (nSPS) is 17.7. The van der Waals surface area contributed by atoms with Crippen LogP contribution in [0.4, 0.5) is 11.4 Å². The number of carbonyl (C=O) groups excluding carboxylic acids is 2. The molecule has 1 aliphatic heterocycles. The van der Waals surface area contributed by atoms with Crippen molar-refractivity contribution in [3.63, 3.8) is 0 Å². The lowest BCUT2D eigenvalue weighted by Crippen LogP contribution is -2.44. The summed E-state index contributed by atoms with van der Waals surface area (Å²) in [5, 5.41) is 14.8. The van der Waals surface area contributed by atoms with Gasteiger partial charge >= 0.3 is 0 Å². The van der Waals surface area contributed by atoms with Crippen LogP contribution in [0, 0.1) is 13.8 Å². The minimum absolute atomic E-state index is 0.216. The fraction of sp³-hybridized carbons (Fsp3) is 0.167. The molecule has 6 heteroatoms. The van der Waals surface area contributed by atoms with Crippen molar-refractivity contribution in [3.05, 3.63) is 94.0 Å². The lowest BCUT2D eigenvalue weighted by atomic mass is 9.87.